The minimum absolute atomic E-state index is 0.764. The standard InChI is InChI=1S/C22H32N3.2ClH.Co/c1-15-10-17(3)21(18(4)11-15)23-8-9-25(7)14-24-22-19(5)12-16(2)13-20(22)6;;;/h10-12,23-24H,8-9,14H2,1-7H3;2*1H;/q;;;+2/p-2. The van der Waals surface area contributed by atoms with E-state index in [4.69, 9.17) is 20.3 Å². The van der Waals surface area contributed by atoms with E-state index in [9.17, 15) is 0 Å². The summed E-state index contributed by atoms with van der Waals surface area (Å²) in [7, 11) is 14.6. The van der Waals surface area contributed by atoms with Crippen molar-refractivity contribution in [1.82, 2.24) is 4.90 Å². The first-order chi connectivity index (χ1) is 13.1. The zero-order valence-corrected chi connectivity index (χ0v) is 20.4. The van der Waals surface area contributed by atoms with Gasteiger partial charge in [-0.2, -0.15) is 0 Å². The van der Waals surface area contributed by atoms with Gasteiger partial charge in [0.2, 0.25) is 0 Å². The van der Waals surface area contributed by atoms with E-state index >= 15 is 0 Å². The fourth-order valence-corrected chi connectivity index (χ4v) is 6.15. The molecule has 0 heterocycles. The van der Waals surface area contributed by atoms with E-state index in [-0.39, 0.29) is 0 Å². The van der Waals surface area contributed by atoms with Crippen molar-refractivity contribution in [2.75, 3.05) is 37.4 Å². The van der Waals surface area contributed by atoms with E-state index in [2.05, 4.69) is 82.3 Å². The Labute approximate surface area is 183 Å². The molecule has 0 bridgehead atoms. The summed E-state index contributed by atoms with van der Waals surface area (Å²) in [4.78, 5) is 2.27. The molecular weight excluding hydrogens is 436 g/mol. The molecule has 0 aliphatic rings. The first-order valence-corrected chi connectivity index (χ1v) is 12.8. The minimum atomic E-state index is -1.13. The van der Waals surface area contributed by atoms with Gasteiger partial charge in [-0.25, -0.2) is 0 Å². The van der Waals surface area contributed by atoms with Crippen LogP contribution in [-0.4, -0.2) is 31.7 Å². The van der Waals surface area contributed by atoms with Crippen LogP contribution >= 0.6 is 20.3 Å². The van der Waals surface area contributed by atoms with Crippen molar-refractivity contribution in [3.05, 3.63) is 51.6 Å². The average Bonchev–Trinajstić information content (AvgIpc) is 2.56. The number of nitrogens with one attached hydrogen (secondary N) is 2. The summed E-state index contributed by atoms with van der Waals surface area (Å²) >= 11 is -1.13. The zero-order valence-electron chi connectivity index (χ0n) is 17.9. The van der Waals surface area contributed by atoms with Gasteiger partial charge in [0.1, 0.15) is 0 Å². The molecule has 0 fully saturated rings. The molecule has 28 heavy (non-hydrogen) atoms. The van der Waals surface area contributed by atoms with Gasteiger partial charge in [-0.1, -0.05) is 5.56 Å². The Balaban J connectivity index is 1.95. The van der Waals surface area contributed by atoms with E-state index in [1.807, 2.05) is 0 Å². The maximum absolute atomic E-state index is 6.24. The quantitative estimate of drug-likeness (QED) is 0.501. The SMILES string of the molecule is Cc1cc(C)c(NCCN(C)CNc2c(C)cc(C)[c]([Co]([Cl])[Cl])c2C)c(C)c1. The Morgan fingerprint density at radius 1 is 0.821 bits per heavy atom. The summed E-state index contributed by atoms with van der Waals surface area (Å²) in [6, 6.07) is 6.61. The number of anilines is 2. The summed E-state index contributed by atoms with van der Waals surface area (Å²) in [5.41, 5.74) is 9.84. The van der Waals surface area contributed by atoms with Crippen LogP contribution in [0.1, 0.15) is 33.4 Å². The molecule has 2 N–H and O–H groups in total. The summed E-state index contributed by atoms with van der Waals surface area (Å²) < 4.78 is 1.07. The first kappa shape index (κ1) is 23.4. The molecule has 0 aliphatic heterocycles. The number of halogens is 2. The number of nitrogens with zero attached hydrogens (tertiary/aromatic N) is 1. The van der Waals surface area contributed by atoms with E-state index in [0.29, 0.717) is 0 Å². The van der Waals surface area contributed by atoms with Gasteiger partial charge in [-0.15, -0.1) is 0 Å². The van der Waals surface area contributed by atoms with E-state index in [1.54, 1.807) is 0 Å². The van der Waals surface area contributed by atoms with Crippen LogP contribution in [-0.2, 0) is 11.9 Å². The third-order valence-electron chi connectivity index (χ3n) is 4.97. The second-order valence-corrected chi connectivity index (χ2v) is 11.3. The number of hydrogen-bond acceptors (Lipinski definition) is 3. The number of hydrogen-bond donors (Lipinski definition) is 2. The number of aryl methyl sites for hydroxylation is 5. The van der Waals surface area contributed by atoms with Gasteiger partial charge in [-0.3, -0.25) is 0 Å². The van der Waals surface area contributed by atoms with Gasteiger partial charge in [0.25, 0.3) is 0 Å². The van der Waals surface area contributed by atoms with Crippen molar-refractivity contribution in [1.29, 1.82) is 0 Å². The molecule has 6 heteroatoms. The van der Waals surface area contributed by atoms with Crippen LogP contribution in [0.4, 0.5) is 11.4 Å². The van der Waals surface area contributed by atoms with Crippen LogP contribution in [0.5, 0.6) is 0 Å². The Morgan fingerprint density at radius 3 is 1.96 bits per heavy atom. The summed E-state index contributed by atoms with van der Waals surface area (Å²) in [6.07, 6.45) is 0. The van der Waals surface area contributed by atoms with Crippen molar-refractivity contribution < 1.29 is 11.9 Å². The molecule has 0 saturated carbocycles. The van der Waals surface area contributed by atoms with Crippen molar-refractivity contribution in [2.45, 2.75) is 41.5 Å². The first-order valence-electron chi connectivity index (χ1n) is 9.44. The molecular formula is C22H32Cl2CoN3. The van der Waals surface area contributed by atoms with Gasteiger partial charge in [0.05, 0.1) is 0 Å². The van der Waals surface area contributed by atoms with Gasteiger partial charge < -0.3 is 0 Å². The van der Waals surface area contributed by atoms with Crippen molar-refractivity contribution in [2.24, 2.45) is 0 Å². The molecule has 3 nitrogen and oxygen atoms in total. The van der Waals surface area contributed by atoms with E-state index in [1.165, 1.54) is 27.9 Å². The molecule has 0 aliphatic carbocycles. The Morgan fingerprint density at radius 2 is 1.39 bits per heavy atom. The number of likely N-dealkylation sites (N-methyl/N-ethyl adjacent to an activating group) is 1. The topological polar surface area (TPSA) is 27.3 Å². The van der Waals surface area contributed by atoms with Gasteiger partial charge in [-0.05, 0) is 6.92 Å². The van der Waals surface area contributed by atoms with Gasteiger partial charge in [0.15, 0.2) is 0 Å². The molecule has 0 saturated heterocycles. The summed E-state index contributed by atoms with van der Waals surface area (Å²) in [5, 5.41) is 7.16. The molecule has 0 atom stereocenters. The molecule has 0 amide bonds. The predicted octanol–water partition coefficient (Wildman–Crippen LogP) is 5.50. The molecule has 0 spiro atoms. The number of benzene rings is 2. The van der Waals surface area contributed by atoms with Gasteiger partial charge in [0, 0.05) is 0 Å². The monoisotopic (exact) mass is 467 g/mol. The Kier molecular flexibility index (Phi) is 8.53. The van der Waals surface area contributed by atoms with Crippen LogP contribution in [0, 0.1) is 41.5 Å². The molecule has 0 radical (unpaired) electrons. The third kappa shape index (κ3) is 5.80. The number of rotatable bonds is 8. The van der Waals surface area contributed by atoms with E-state index in [0.717, 1.165) is 41.1 Å². The second-order valence-electron chi connectivity index (χ2n) is 7.59. The van der Waals surface area contributed by atoms with Crippen LogP contribution in [0.2, 0.25) is 0 Å². The third-order valence-corrected chi connectivity index (χ3v) is 7.20. The van der Waals surface area contributed by atoms with Crippen molar-refractivity contribution >= 4 is 36.2 Å². The fourth-order valence-electron chi connectivity index (χ4n) is 3.74. The maximum atomic E-state index is 6.24. The van der Waals surface area contributed by atoms with Crippen LogP contribution in [0.15, 0.2) is 18.2 Å². The molecule has 0 unspecified atom stereocenters. The van der Waals surface area contributed by atoms with Crippen LogP contribution in [0.25, 0.3) is 0 Å². The predicted molar refractivity (Wildman–Crippen MR) is 122 cm³/mol. The van der Waals surface area contributed by atoms with Crippen LogP contribution in [0.3, 0.4) is 0 Å². The van der Waals surface area contributed by atoms with E-state index < -0.39 is 11.9 Å². The summed E-state index contributed by atoms with van der Waals surface area (Å²) in [5.74, 6) is 0. The summed E-state index contributed by atoms with van der Waals surface area (Å²) in [6.45, 7) is 15.4. The van der Waals surface area contributed by atoms with Crippen LogP contribution < -0.4 is 15.1 Å². The van der Waals surface area contributed by atoms with Crippen molar-refractivity contribution in [3.8, 4) is 0 Å². The zero-order chi connectivity index (χ0) is 21.0. The molecule has 2 aromatic carbocycles. The molecule has 2 aromatic rings. The fraction of sp³-hybridized carbons (Fsp3) is 0.455. The van der Waals surface area contributed by atoms with Crippen molar-refractivity contribution in [3.63, 3.8) is 0 Å². The Hall–Kier alpha value is -0.914. The van der Waals surface area contributed by atoms with Gasteiger partial charge >= 0.3 is 171 Å². The normalized spacial score (nSPS) is 11.7. The Bertz CT molecular complexity index is 814. The average molecular weight is 468 g/mol. The molecule has 2 rings (SSSR count). The molecule has 0 aromatic heterocycles. The second kappa shape index (κ2) is 10.2. The molecule has 158 valence electrons.